The van der Waals surface area contributed by atoms with E-state index in [1.807, 2.05) is 38.1 Å². The molecule has 4 rings (SSSR count). The van der Waals surface area contributed by atoms with Crippen molar-refractivity contribution in [1.82, 2.24) is 5.43 Å². The normalized spacial score (nSPS) is 18.2. The summed E-state index contributed by atoms with van der Waals surface area (Å²) in [6, 6.07) is 18.4. The number of amides is 1. The lowest BCUT2D eigenvalue weighted by atomic mass is 9.76. The van der Waals surface area contributed by atoms with Crippen LogP contribution in [0.4, 0.5) is 14.5 Å². The van der Waals surface area contributed by atoms with Crippen LogP contribution < -0.4 is 15.1 Å². The maximum atomic E-state index is 14.7. The van der Waals surface area contributed by atoms with Gasteiger partial charge in [-0.05, 0) is 74.4 Å². The number of nitrogens with one attached hydrogen (secondary N) is 1. The van der Waals surface area contributed by atoms with E-state index in [0.717, 1.165) is 16.9 Å². The SMILES string of the molecule is CCN1/C(=C\C=N\NC(=O)c2ccccc2)C(C)(Cc2c(F)cccc2F)c2cc(OC)ccc21. The van der Waals surface area contributed by atoms with Crippen LogP contribution in [-0.2, 0) is 11.8 Å². The molecule has 5 nitrogen and oxygen atoms in total. The molecule has 0 saturated heterocycles. The maximum absolute atomic E-state index is 14.7. The molecule has 1 atom stereocenters. The molecule has 0 bridgehead atoms. The minimum atomic E-state index is -0.779. The van der Waals surface area contributed by atoms with Gasteiger partial charge in [0.1, 0.15) is 17.4 Å². The van der Waals surface area contributed by atoms with Crippen LogP contribution in [0.1, 0.15) is 35.3 Å². The van der Waals surface area contributed by atoms with E-state index in [4.69, 9.17) is 4.74 Å². The maximum Gasteiger partial charge on any atom is 0.271 e. The van der Waals surface area contributed by atoms with Crippen molar-refractivity contribution in [3.05, 3.63) is 107 Å². The van der Waals surface area contributed by atoms with E-state index in [9.17, 15) is 13.6 Å². The third-order valence-electron chi connectivity index (χ3n) is 6.36. The number of methoxy groups -OCH3 is 1. The Morgan fingerprint density at radius 3 is 2.46 bits per heavy atom. The second kappa shape index (κ2) is 10.1. The smallest absolute Gasteiger partial charge is 0.271 e. The lowest BCUT2D eigenvalue weighted by Gasteiger charge is -2.30. The number of anilines is 1. The first-order valence-electron chi connectivity index (χ1n) is 11.4. The average molecular weight is 476 g/mol. The molecule has 0 saturated carbocycles. The molecule has 0 fully saturated rings. The summed E-state index contributed by atoms with van der Waals surface area (Å²) in [6.07, 6.45) is 3.37. The number of allylic oxidation sites excluding steroid dienone is 2. The van der Waals surface area contributed by atoms with Gasteiger partial charge in [-0.3, -0.25) is 4.79 Å². The monoisotopic (exact) mass is 475 g/mol. The van der Waals surface area contributed by atoms with Gasteiger partial charge in [-0.2, -0.15) is 5.10 Å². The Labute approximate surface area is 203 Å². The quantitative estimate of drug-likeness (QED) is 0.357. The summed E-state index contributed by atoms with van der Waals surface area (Å²) in [4.78, 5) is 14.4. The van der Waals surface area contributed by atoms with Crippen LogP contribution in [0.2, 0.25) is 0 Å². The molecule has 0 radical (unpaired) electrons. The number of benzene rings is 3. The van der Waals surface area contributed by atoms with Gasteiger partial charge in [0.05, 0.1) is 7.11 Å². The summed E-state index contributed by atoms with van der Waals surface area (Å²) in [5.74, 6) is -0.851. The second-order valence-corrected chi connectivity index (χ2v) is 8.47. The largest absolute Gasteiger partial charge is 0.497 e. The van der Waals surface area contributed by atoms with Crippen LogP contribution >= 0.6 is 0 Å². The number of hydrogen-bond donors (Lipinski definition) is 1. The first-order valence-corrected chi connectivity index (χ1v) is 11.4. The summed E-state index contributed by atoms with van der Waals surface area (Å²) >= 11 is 0. The molecule has 3 aromatic rings. The highest BCUT2D eigenvalue weighted by Gasteiger charge is 2.44. The van der Waals surface area contributed by atoms with Gasteiger partial charge in [0, 0.05) is 40.7 Å². The molecule has 7 heteroatoms. The van der Waals surface area contributed by atoms with Crippen molar-refractivity contribution in [3.8, 4) is 5.75 Å². The molecule has 1 aliphatic heterocycles. The summed E-state index contributed by atoms with van der Waals surface area (Å²) in [6.45, 7) is 4.59. The number of hydrazone groups is 1. The molecular formula is C28H27F2N3O2. The number of nitrogens with zero attached hydrogens (tertiary/aromatic N) is 2. The number of ether oxygens (including phenoxy) is 1. The van der Waals surface area contributed by atoms with Crippen molar-refractivity contribution >= 4 is 17.8 Å². The lowest BCUT2D eigenvalue weighted by molar-refractivity contribution is 0.0955. The zero-order valence-corrected chi connectivity index (χ0v) is 19.9. The van der Waals surface area contributed by atoms with Crippen LogP contribution in [0.25, 0.3) is 0 Å². The predicted molar refractivity (Wildman–Crippen MR) is 134 cm³/mol. The van der Waals surface area contributed by atoms with Gasteiger partial charge >= 0.3 is 0 Å². The Morgan fingerprint density at radius 2 is 1.80 bits per heavy atom. The first-order chi connectivity index (χ1) is 16.9. The fraction of sp³-hybridized carbons (Fsp3) is 0.214. The first kappa shape index (κ1) is 24.1. The Bertz CT molecular complexity index is 1270. The van der Waals surface area contributed by atoms with Crippen molar-refractivity contribution in [3.63, 3.8) is 0 Å². The van der Waals surface area contributed by atoms with Crippen molar-refractivity contribution in [1.29, 1.82) is 0 Å². The zero-order chi connectivity index (χ0) is 25.0. The third kappa shape index (κ3) is 4.67. The Balaban J connectivity index is 1.73. The minimum absolute atomic E-state index is 0.0157. The van der Waals surface area contributed by atoms with Crippen LogP contribution in [0.3, 0.4) is 0 Å². The van der Waals surface area contributed by atoms with E-state index in [2.05, 4.69) is 15.4 Å². The number of hydrogen-bond acceptors (Lipinski definition) is 4. The van der Waals surface area contributed by atoms with E-state index in [1.165, 1.54) is 24.4 Å². The molecule has 0 aliphatic carbocycles. The Morgan fingerprint density at radius 1 is 1.09 bits per heavy atom. The summed E-state index contributed by atoms with van der Waals surface area (Å²) in [5, 5.41) is 4.08. The summed E-state index contributed by atoms with van der Waals surface area (Å²) in [5.41, 5.74) is 4.88. The van der Waals surface area contributed by atoms with E-state index >= 15 is 0 Å². The van der Waals surface area contributed by atoms with E-state index in [-0.39, 0.29) is 17.9 Å². The van der Waals surface area contributed by atoms with Gasteiger partial charge in [-0.25, -0.2) is 14.2 Å². The van der Waals surface area contributed by atoms with Gasteiger partial charge in [0.25, 0.3) is 5.91 Å². The number of fused-ring (bicyclic) bond motifs is 1. The number of likely N-dealkylation sites (N-methyl/N-ethyl adjacent to an activating group) is 1. The number of carbonyl (C=O) groups excluding carboxylic acids is 1. The number of carbonyl (C=O) groups is 1. The molecule has 35 heavy (non-hydrogen) atoms. The van der Waals surface area contributed by atoms with Crippen molar-refractivity contribution in [2.24, 2.45) is 5.10 Å². The van der Waals surface area contributed by atoms with E-state index < -0.39 is 17.0 Å². The Kier molecular flexibility index (Phi) is 6.96. The Hall–Kier alpha value is -4.00. The second-order valence-electron chi connectivity index (χ2n) is 8.47. The van der Waals surface area contributed by atoms with E-state index in [1.54, 1.807) is 37.5 Å². The van der Waals surface area contributed by atoms with E-state index in [0.29, 0.717) is 17.9 Å². The topological polar surface area (TPSA) is 53.9 Å². The van der Waals surface area contributed by atoms with Gasteiger partial charge in [-0.15, -0.1) is 0 Å². The predicted octanol–water partition coefficient (Wildman–Crippen LogP) is 5.61. The highest BCUT2D eigenvalue weighted by molar-refractivity contribution is 5.94. The molecule has 180 valence electrons. The molecule has 0 aromatic heterocycles. The molecule has 1 unspecified atom stereocenters. The molecule has 1 heterocycles. The minimum Gasteiger partial charge on any atom is -0.497 e. The van der Waals surface area contributed by atoms with Crippen LogP contribution in [0, 0.1) is 11.6 Å². The molecule has 1 N–H and O–H groups in total. The molecule has 3 aromatic carbocycles. The third-order valence-corrected chi connectivity index (χ3v) is 6.36. The van der Waals surface area contributed by atoms with Crippen LogP contribution in [0.15, 0.2) is 83.6 Å². The zero-order valence-electron chi connectivity index (χ0n) is 19.9. The molecule has 1 amide bonds. The van der Waals surface area contributed by atoms with Crippen LogP contribution in [-0.4, -0.2) is 25.8 Å². The van der Waals surface area contributed by atoms with Crippen molar-refractivity contribution in [2.75, 3.05) is 18.6 Å². The molecular weight excluding hydrogens is 448 g/mol. The van der Waals surface area contributed by atoms with Gasteiger partial charge in [-0.1, -0.05) is 24.3 Å². The van der Waals surface area contributed by atoms with Gasteiger partial charge in [0.15, 0.2) is 0 Å². The van der Waals surface area contributed by atoms with Crippen molar-refractivity contribution in [2.45, 2.75) is 25.7 Å². The fourth-order valence-corrected chi connectivity index (χ4v) is 4.60. The molecule has 0 spiro atoms. The highest BCUT2D eigenvalue weighted by Crippen LogP contribution is 2.50. The molecule has 1 aliphatic rings. The number of halogens is 2. The van der Waals surface area contributed by atoms with Gasteiger partial charge in [0.2, 0.25) is 0 Å². The summed E-state index contributed by atoms with van der Waals surface area (Å²) < 4.78 is 34.8. The standard InChI is InChI=1S/C28H27F2N3O2/c1-4-33-25-14-13-20(35-3)17-22(25)28(2,18-21-23(29)11-8-12-24(21)30)26(33)15-16-31-32-27(34)19-9-6-5-7-10-19/h5-17H,4,18H2,1-3H3,(H,32,34)/b26-15-,31-16+. The van der Waals surface area contributed by atoms with Crippen molar-refractivity contribution < 1.29 is 18.3 Å². The number of rotatable bonds is 7. The highest BCUT2D eigenvalue weighted by atomic mass is 19.1. The average Bonchev–Trinajstić information content (AvgIpc) is 3.11. The van der Waals surface area contributed by atoms with Crippen LogP contribution in [0.5, 0.6) is 5.75 Å². The van der Waals surface area contributed by atoms with Gasteiger partial charge < -0.3 is 9.64 Å². The lowest BCUT2D eigenvalue weighted by Crippen LogP contribution is -2.31. The summed E-state index contributed by atoms with van der Waals surface area (Å²) in [7, 11) is 1.58. The fourth-order valence-electron chi connectivity index (χ4n) is 4.60.